The Balaban J connectivity index is 1.43. The van der Waals surface area contributed by atoms with Gasteiger partial charge in [-0.15, -0.1) is 11.7 Å². The fourth-order valence-corrected chi connectivity index (χ4v) is 7.49. The summed E-state index contributed by atoms with van der Waals surface area (Å²) in [5.41, 5.74) is 0.0656. The molecule has 1 N–H and O–H groups in total. The molecule has 0 radical (unpaired) electrons. The maximum Gasteiger partial charge on any atom is 0.313 e. The van der Waals surface area contributed by atoms with Crippen LogP contribution in [-0.2, 0) is 36.9 Å². The Hall–Kier alpha value is -4.35. The number of benzene rings is 2. The summed E-state index contributed by atoms with van der Waals surface area (Å²) in [6.07, 6.45) is 4.27. The number of fused-ring (bicyclic) bond motifs is 2. The van der Waals surface area contributed by atoms with Crippen LogP contribution in [0.15, 0.2) is 79.9 Å². The van der Waals surface area contributed by atoms with Crippen LogP contribution in [0.2, 0.25) is 0 Å². The summed E-state index contributed by atoms with van der Waals surface area (Å²) in [5, 5.41) is 19.2. The molecule has 3 fully saturated rings. The Bertz CT molecular complexity index is 1590. The van der Waals surface area contributed by atoms with Crippen molar-refractivity contribution in [1.82, 2.24) is 24.8 Å². The molecular weight excluding hydrogens is 562 g/mol. The molecule has 3 aliphatic rings. The molecule has 0 saturated carbocycles. The van der Waals surface area contributed by atoms with Crippen molar-refractivity contribution in [3.8, 4) is 0 Å². The smallest absolute Gasteiger partial charge is 0.313 e. The zero-order valence-corrected chi connectivity index (χ0v) is 24.7. The third-order valence-electron chi connectivity index (χ3n) is 9.35. The highest BCUT2D eigenvalue weighted by molar-refractivity contribution is 5.98. The first-order chi connectivity index (χ1) is 21.3. The van der Waals surface area contributed by atoms with E-state index in [2.05, 4.69) is 23.5 Å². The first-order valence-corrected chi connectivity index (χ1v) is 14.9. The number of esters is 1. The number of aromatic nitrogens is 3. The molecule has 2 bridgehead atoms. The number of amides is 2. The van der Waals surface area contributed by atoms with E-state index < -0.39 is 47.0 Å². The topological polar surface area (TPSA) is 127 Å². The van der Waals surface area contributed by atoms with Gasteiger partial charge in [0, 0.05) is 6.54 Å². The van der Waals surface area contributed by atoms with Crippen molar-refractivity contribution in [2.75, 3.05) is 19.8 Å². The van der Waals surface area contributed by atoms with Crippen LogP contribution in [-0.4, -0.2) is 90.7 Å². The van der Waals surface area contributed by atoms with Crippen molar-refractivity contribution >= 4 is 28.8 Å². The molecule has 1 spiro atoms. The Morgan fingerprint density at radius 2 is 1.91 bits per heavy atom. The Kier molecular flexibility index (Phi) is 7.85. The van der Waals surface area contributed by atoms with Crippen molar-refractivity contribution in [3.63, 3.8) is 0 Å². The monoisotopic (exact) mass is 599 g/mol. The SMILES string of the molecule is C=CCOC(=O)[C@H]1[C@H]2C(=O)N([C@@H](CO)Cc3ccccc3)C(C(=O)N(CC=C)Cn3nnc4ccccc43)C23CC[C@]1(C)O3. The number of likely N-dealkylation sites (tertiary alicyclic amines) is 1. The summed E-state index contributed by atoms with van der Waals surface area (Å²) >= 11 is 0. The molecule has 3 saturated heterocycles. The second-order valence-electron chi connectivity index (χ2n) is 12.0. The molecule has 6 atom stereocenters. The van der Waals surface area contributed by atoms with Gasteiger partial charge < -0.3 is 24.4 Å². The van der Waals surface area contributed by atoms with Gasteiger partial charge in [-0.2, -0.15) is 0 Å². The summed E-state index contributed by atoms with van der Waals surface area (Å²) in [5.74, 6) is -3.19. The van der Waals surface area contributed by atoms with Crippen LogP contribution in [0.1, 0.15) is 25.3 Å². The van der Waals surface area contributed by atoms with E-state index >= 15 is 0 Å². The predicted octanol–water partition coefficient (Wildman–Crippen LogP) is 2.50. The first kappa shape index (κ1) is 29.7. The normalized spacial score (nSPS) is 27.7. The lowest BCUT2D eigenvalue weighted by molar-refractivity contribution is -0.161. The molecule has 0 aliphatic carbocycles. The highest BCUT2D eigenvalue weighted by Crippen LogP contribution is 2.63. The Morgan fingerprint density at radius 3 is 2.64 bits per heavy atom. The number of carbonyl (C=O) groups is 3. The standard InChI is InChI=1S/C33H37N5O6/c1-4-17-36(21-37-25-14-10-9-13-24(25)34-35-37)30(41)28-33-16-15-32(3,44-33)27(31(42)43-18-5-2)26(33)29(40)38(28)23(20-39)19-22-11-7-6-8-12-22/h4-14,23,26-28,39H,1-2,15-21H2,3H3/t23-,26+,27-,28?,32+,33?/m1/s1. The van der Waals surface area contributed by atoms with Gasteiger partial charge in [-0.05, 0) is 43.9 Å². The quantitative estimate of drug-likeness (QED) is 0.249. The Labute approximate surface area is 255 Å². The molecule has 230 valence electrons. The molecule has 11 nitrogen and oxygen atoms in total. The van der Waals surface area contributed by atoms with Gasteiger partial charge in [-0.1, -0.05) is 66.4 Å². The maximum atomic E-state index is 14.8. The summed E-state index contributed by atoms with van der Waals surface area (Å²) < 4.78 is 13.8. The lowest BCUT2D eigenvalue weighted by atomic mass is 9.66. The van der Waals surface area contributed by atoms with E-state index in [1.54, 1.807) is 15.7 Å². The van der Waals surface area contributed by atoms with E-state index in [0.717, 1.165) is 11.1 Å². The second kappa shape index (κ2) is 11.6. The Morgan fingerprint density at radius 1 is 1.16 bits per heavy atom. The van der Waals surface area contributed by atoms with Gasteiger partial charge in [-0.25, -0.2) is 4.68 Å². The maximum absolute atomic E-state index is 14.8. The molecule has 3 aliphatic heterocycles. The molecular formula is C33H37N5O6. The lowest BCUT2D eigenvalue weighted by Crippen LogP contribution is -2.59. The summed E-state index contributed by atoms with van der Waals surface area (Å²) in [6.45, 7) is 9.14. The molecule has 2 unspecified atom stereocenters. The minimum absolute atomic E-state index is 0.00234. The van der Waals surface area contributed by atoms with Crippen molar-refractivity contribution in [2.24, 2.45) is 11.8 Å². The lowest BCUT2D eigenvalue weighted by Gasteiger charge is -2.39. The number of aliphatic hydroxyl groups excluding tert-OH is 1. The van der Waals surface area contributed by atoms with Crippen LogP contribution in [0.4, 0.5) is 0 Å². The zero-order chi connectivity index (χ0) is 31.1. The average Bonchev–Trinajstić information content (AvgIpc) is 3.74. The minimum atomic E-state index is -1.28. The van der Waals surface area contributed by atoms with E-state index in [1.165, 1.54) is 11.0 Å². The van der Waals surface area contributed by atoms with E-state index in [9.17, 15) is 19.5 Å². The van der Waals surface area contributed by atoms with Crippen molar-refractivity contribution < 1.29 is 29.0 Å². The largest absolute Gasteiger partial charge is 0.461 e. The zero-order valence-electron chi connectivity index (χ0n) is 24.7. The van der Waals surface area contributed by atoms with Crippen molar-refractivity contribution in [1.29, 1.82) is 0 Å². The second-order valence-corrected chi connectivity index (χ2v) is 12.0. The summed E-state index contributed by atoms with van der Waals surface area (Å²) in [6, 6.07) is 15.1. The average molecular weight is 600 g/mol. The molecule has 3 aromatic rings. The van der Waals surface area contributed by atoms with Crippen molar-refractivity contribution in [2.45, 2.75) is 56.1 Å². The number of rotatable bonds is 12. The van der Waals surface area contributed by atoms with Crippen LogP contribution in [0.3, 0.4) is 0 Å². The summed E-state index contributed by atoms with van der Waals surface area (Å²) in [4.78, 5) is 45.9. The highest BCUT2D eigenvalue weighted by atomic mass is 16.6. The molecule has 2 amide bonds. The molecule has 11 heteroatoms. The van der Waals surface area contributed by atoms with Crippen LogP contribution in [0.25, 0.3) is 11.0 Å². The fraction of sp³-hybridized carbons (Fsp3) is 0.424. The number of carbonyl (C=O) groups excluding carboxylic acids is 3. The van der Waals surface area contributed by atoms with Gasteiger partial charge >= 0.3 is 5.97 Å². The number of nitrogens with zero attached hydrogens (tertiary/aromatic N) is 5. The van der Waals surface area contributed by atoms with Gasteiger partial charge in [0.25, 0.3) is 0 Å². The molecule has 6 rings (SSSR count). The number of aliphatic hydroxyl groups is 1. The molecule has 4 heterocycles. The van der Waals surface area contributed by atoms with Gasteiger partial charge in [0.15, 0.2) is 0 Å². The van der Waals surface area contributed by atoms with E-state index in [1.807, 2.05) is 61.5 Å². The van der Waals surface area contributed by atoms with E-state index in [-0.39, 0.29) is 32.3 Å². The third kappa shape index (κ3) is 4.71. The van der Waals surface area contributed by atoms with Crippen LogP contribution < -0.4 is 0 Å². The number of hydrogen-bond acceptors (Lipinski definition) is 8. The fourth-order valence-electron chi connectivity index (χ4n) is 7.49. The molecule has 1 aromatic heterocycles. The van der Waals surface area contributed by atoms with Crippen LogP contribution >= 0.6 is 0 Å². The number of para-hydroxylation sites is 1. The third-order valence-corrected chi connectivity index (χ3v) is 9.35. The summed E-state index contributed by atoms with van der Waals surface area (Å²) in [7, 11) is 0. The molecule has 44 heavy (non-hydrogen) atoms. The highest BCUT2D eigenvalue weighted by Gasteiger charge is 2.79. The predicted molar refractivity (Wildman–Crippen MR) is 161 cm³/mol. The van der Waals surface area contributed by atoms with Gasteiger partial charge in [0.05, 0.1) is 29.7 Å². The first-order valence-electron chi connectivity index (χ1n) is 14.9. The van der Waals surface area contributed by atoms with Crippen molar-refractivity contribution in [3.05, 3.63) is 85.5 Å². The van der Waals surface area contributed by atoms with Gasteiger partial charge in [-0.3, -0.25) is 14.4 Å². The van der Waals surface area contributed by atoms with E-state index in [0.29, 0.717) is 24.8 Å². The minimum Gasteiger partial charge on any atom is -0.461 e. The van der Waals surface area contributed by atoms with Crippen LogP contribution in [0.5, 0.6) is 0 Å². The number of ether oxygens (including phenoxy) is 2. The van der Waals surface area contributed by atoms with Gasteiger partial charge in [0.1, 0.15) is 36.4 Å². The number of hydrogen-bond donors (Lipinski definition) is 1. The van der Waals surface area contributed by atoms with E-state index in [4.69, 9.17) is 9.47 Å². The van der Waals surface area contributed by atoms with Gasteiger partial charge in [0.2, 0.25) is 11.8 Å². The van der Waals surface area contributed by atoms with Crippen LogP contribution in [0, 0.1) is 11.8 Å². The molecule has 2 aromatic carbocycles.